The molecule has 0 radical (unpaired) electrons. The number of H-pyrrole nitrogens is 1. The summed E-state index contributed by atoms with van der Waals surface area (Å²) in [5, 5.41) is 10.1. The molecular weight excluding hydrogens is 372 g/mol. The second-order valence-corrected chi connectivity index (χ2v) is 6.94. The number of hydrogen-bond acceptors (Lipinski definition) is 3. The Balaban J connectivity index is 0.000000757. The largest absolute Gasteiger partial charge is 0.399 e. The molecule has 1 aromatic heterocycles. The van der Waals surface area contributed by atoms with E-state index in [2.05, 4.69) is 21.6 Å². The number of benzene rings is 2. The van der Waals surface area contributed by atoms with Crippen LogP contribution in [0.5, 0.6) is 0 Å². The predicted octanol–water partition coefficient (Wildman–Crippen LogP) is 6.33. The Hall–Kier alpha value is -3.08. The first-order valence-corrected chi connectivity index (χ1v) is 10.9. The van der Waals surface area contributed by atoms with Crippen LogP contribution in [-0.2, 0) is 4.79 Å². The monoisotopic (exact) mass is 406 g/mol. The lowest BCUT2D eigenvalue weighted by Gasteiger charge is -2.13. The highest BCUT2D eigenvalue weighted by molar-refractivity contribution is 5.95. The maximum Gasteiger partial charge on any atom is 0.232 e. The van der Waals surface area contributed by atoms with E-state index in [-0.39, 0.29) is 11.8 Å². The van der Waals surface area contributed by atoms with E-state index in [1.54, 1.807) is 0 Å². The third kappa shape index (κ3) is 5.96. The number of nitrogens with zero attached hydrogens (tertiary/aromatic N) is 1. The van der Waals surface area contributed by atoms with E-state index in [1.807, 2.05) is 83.1 Å². The van der Waals surface area contributed by atoms with Gasteiger partial charge in [0.05, 0.1) is 5.92 Å². The predicted molar refractivity (Wildman–Crippen MR) is 127 cm³/mol. The molecule has 1 atom stereocenters. The summed E-state index contributed by atoms with van der Waals surface area (Å²) in [6.07, 6.45) is 2.40. The van der Waals surface area contributed by atoms with Crippen molar-refractivity contribution in [1.29, 1.82) is 0 Å². The highest BCUT2D eigenvalue weighted by Gasteiger charge is 2.26. The van der Waals surface area contributed by atoms with Crippen LogP contribution in [0.2, 0.25) is 0 Å². The van der Waals surface area contributed by atoms with Gasteiger partial charge in [0.2, 0.25) is 5.91 Å². The fourth-order valence-corrected chi connectivity index (χ4v) is 3.05. The van der Waals surface area contributed by atoms with Crippen molar-refractivity contribution in [2.45, 2.75) is 59.3 Å². The van der Waals surface area contributed by atoms with E-state index < -0.39 is 0 Å². The first-order chi connectivity index (χ1) is 14.6. The summed E-state index contributed by atoms with van der Waals surface area (Å²) in [6.45, 7) is 9.91. The van der Waals surface area contributed by atoms with Crippen LogP contribution < -0.4 is 11.1 Å². The Morgan fingerprint density at radius 3 is 2.33 bits per heavy atom. The van der Waals surface area contributed by atoms with Crippen LogP contribution >= 0.6 is 0 Å². The maximum atomic E-state index is 12.6. The first-order valence-electron chi connectivity index (χ1n) is 10.9. The van der Waals surface area contributed by atoms with Gasteiger partial charge in [0.1, 0.15) is 0 Å². The van der Waals surface area contributed by atoms with Gasteiger partial charge in [-0.1, -0.05) is 64.1 Å². The number of amides is 1. The molecule has 0 bridgehead atoms. The third-order valence-electron chi connectivity index (χ3n) is 4.89. The fraction of sp³-hybridized carbons (Fsp3) is 0.360. The summed E-state index contributed by atoms with van der Waals surface area (Å²) < 4.78 is 0. The Morgan fingerprint density at radius 1 is 1.03 bits per heavy atom. The second-order valence-electron chi connectivity index (χ2n) is 6.94. The Morgan fingerprint density at radius 2 is 1.70 bits per heavy atom. The lowest BCUT2D eigenvalue weighted by Crippen LogP contribution is -2.19. The standard InChI is InChI=1S/C21H22N4O.2C2H6/c1-13(21(26)23-20-12-19(24-25-20)15-5-6-15)16-3-2-4-17(11-16)14-7-9-18(22)10-8-14;2*1-2/h2-4,7-13,15H,5-6,22H2,1H3,(H2,23,24,25,26);2*1-2H3. The molecule has 30 heavy (non-hydrogen) atoms. The Bertz CT molecular complexity index is 926. The minimum absolute atomic E-state index is 0.0618. The van der Waals surface area contributed by atoms with E-state index in [1.165, 1.54) is 12.8 Å². The number of anilines is 2. The highest BCUT2D eigenvalue weighted by Crippen LogP contribution is 2.39. The number of nitrogen functional groups attached to an aromatic ring is 1. The third-order valence-corrected chi connectivity index (χ3v) is 4.89. The summed E-state index contributed by atoms with van der Waals surface area (Å²) in [5.41, 5.74) is 10.7. The summed E-state index contributed by atoms with van der Waals surface area (Å²) in [7, 11) is 0. The van der Waals surface area contributed by atoms with Crippen molar-refractivity contribution < 1.29 is 4.79 Å². The molecule has 1 amide bonds. The van der Waals surface area contributed by atoms with Crippen molar-refractivity contribution in [3.8, 4) is 11.1 Å². The first kappa shape index (κ1) is 23.2. The van der Waals surface area contributed by atoms with Gasteiger partial charge in [-0.3, -0.25) is 9.89 Å². The molecule has 1 aliphatic rings. The van der Waals surface area contributed by atoms with Gasteiger partial charge in [-0.25, -0.2) is 0 Å². The molecule has 1 aliphatic carbocycles. The molecule has 1 unspecified atom stereocenters. The summed E-state index contributed by atoms with van der Waals surface area (Å²) in [6, 6.07) is 17.7. The van der Waals surface area contributed by atoms with Crippen molar-refractivity contribution in [2.24, 2.45) is 0 Å². The van der Waals surface area contributed by atoms with Crippen LogP contribution in [0.15, 0.2) is 54.6 Å². The van der Waals surface area contributed by atoms with Gasteiger partial charge in [-0.05, 0) is 48.6 Å². The van der Waals surface area contributed by atoms with Crippen LogP contribution in [-0.4, -0.2) is 16.1 Å². The maximum absolute atomic E-state index is 12.6. The number of carbonyl (C=O) groups excluding carboxylic acids is 1. The molecule has 4 N–H and O–H groups in total. The number of nitrogens with two attached hydrogens (primary N) is 1. The molecule has 2 aromatic carbocycles. The van der Waals surface area contributed by atoms with E-state index in [0.29, 0.717) is 11.7 Å². The van der Waals surface area contributed by atoms with Gasteiger partial charge in [0.25, 0.3) is 0 Å². The molecule has 0 aliphatic heterocycles. The molecule has 1 fully saturated rings. The lowest BCUT2D eigenvalue weighted by atomic mass is 9.95. The van der Waals surface area contributed by atoms with Crippen molar-refractivity contribution in [2.75, 3.05) is 11.1 Å². The van der Waals surface area contributed by atoms with Crippen molar-refractivity contribution in [3.63, 3.8) is 0 Å². The number of carbonyl (C=O) groups is 1. The number of hydrogen-bond donors (Lipinski definition) is 3. The molecule has 3 aromatic rings. The molecule has 0 spiro atoms. The topological polar surface area (TPSA) is 83.8 Å². The van der Waals surface area contributed by atoms with Crippen molar-refractivity contribution >= 4 is 17.4 Å². The van der Waals surface area contributed by atoms with Crippen LogP contribution in [0.4, 0.5) is 11.5 Å². The van der Waals surface area contributed by atoms with Crippen molar-refractivity contribution in [3.05, 3.63) is 65.9 Å². The van der Waals surface area contributed by atoms with Crippen LogP contribution in [0, 0.1) is 0 Å². The summed E-state index contributed by atoms with van der Waals surface area (Å²) in [5.74, 6) is 0.846. The van der Waals surface area contributed by atoms with Gasteiger partial charge in [-0.15, -0.1) is 0 Å². The van der Waals surface area contributed by atoms with E-state index >= 15 is 0 Å². The molecule has 5 heteroatoms. The van der Waals surface area contributed by atoms with E-state index in [4.69, 9.17) is 5.73 Å². The van der Waals surface area contributed by atoms with Gasteiger partial charge in [-0.2, -0.15) is 5.10 Å². The second kappa shape index (κ2) is 11.2. The minimum atomic E-state index is -0.273. The quantitative estimate of drug-likeness (QED) is 0.433. The van der Waals surface area contributed by atoms with E-state index in [0.717, 1.165) is 28.1 Å². The zero-order valence-corrected chi connectivity index (χ0v) is 18.7. The van der Waals surface area contributed by atoms with Gasteiger partial charge in [0, 0.05) is 23.4 Å². The summed E-state index contributed by atoms with van der Waals surface area (Å²) in [4.78, 5) is 12.6. The average molecular weight is 407 g/mol. The van der Waals surface area contributed by atoms with Crippen LogP contribution in [0.3, 0.4) is 0 Å². The minimum Gasteiger partial charge on any atom is -0.399 e. The van der Waals surface area contributed by atoms with E-state index in [9.17, 15) is 4.79 Å². The smallest absolute Gasteiger partial charge is 0.232 e. The lowest BCUT2D eigenvalue weighted by molar-refractivity contribution is -0.117. The molecule has 160 valence electrons. The Kier molecular flexibility index (Phi) is 8.66. The fourth-order valence-electron chi connectivity index (χ4n) is 3.05. The zero-order chi connectivity index (χ0) is 22.1. The number of aromatic nitrogens is 2. The summed E-state index contributed by atoms with van der Waals surface area (Å²) >= 11 is 0. The SMILES string of the molecule is CC.CC.CC(C(=O)Nc1cc(C2CC2)[nH]n1)c1cccc(-c2ccc(N)cc2)c1. The molecule has 4 rings (SSSR count). The zero-order valence-electron chi connectivity index (χ0n) is 18.7. The number of rotatable bonds is 5. The van der Waals surface area contributed by atoms with Crippen LogP contribution in [0.25, 0.3) is 11.1 Å². The van der Waals surface area contributed by atoms with Gasteiger partial charge >= 0.3 is 0 Å². The normalized spacial score (nSPS) is 13.2. The van der Waals surface area contributed by atoms with Crippen LogP contribution in [0.1, 0.15) is 70.6 Å². The number of nitrogens with one attached hydrogen (secondary N) is 2. The molecule has 0 saturated heterocycles. The molecular formula is C25H34N4O. The van der Waals surface area contributed by atoms with Gasteiger partial charge < -0.3 is 11.1 Å². The molecule has 1 saturated carbocycles. The number of aromatic amines is 1. The average Bonchev–Trinajstić information content (AvgIpc) is 3.55. The highest BCUT2D eigenvalue weighted by atomic mass is 16.1. The van der Waals surface area contributed by atoms with Crippen molar-refractivity contribution in [1.82, 2.24) is 10.2 Å². The van der Waals surface area contributed by atoms with Gasteiger partial charge in [0.15, 0.2) is 5.82 Å². The molecule has 1 heterocycles. The Labute approximate surface area is 180 Å². The molecule has 5 nitrogen and oxygen atoms in total.